The molecule has 9 heteroatoms. The fraction of sp³-hybridized carbons (Fsp3) is 0.467. The molecule has 0 unspecified atom stereocenters. The molecular formula is C15H18F3N3O3. The molecule has 0 heterocycles. The zero-order valence-electron chi connectivity index (χ0n) is 13.0. The van der Waals surface area contributed by atoms with E-state index in [4.69, 9.17) is 5.11 Å². The second-order valence-electron chi connectivity index (χ2n) is 5.60. The average molecular weight is 345 g/mol. The van der Waals surface area contributed by atoms with Crippen LogP contribution in [0.25, 0.3) is 0 Å². The Morgan fingerprint density at radius 1 is 1.25 bits per heavy atom. The zero-order chi connectivity index (χ0) is 17.9. The molecule has 2 rings (SSSR count). The molecule has 1 aliphatic rings. The van der Waals surface area contributed by atoms with E-state index >= 15 is 0 Å². The van der Waals surface area contributed by atoms with Gasteiger partial charge >= 0.3 is 12.0 Å². The fourth-order valence-corrected chi connectivity index (χ4v) is 2.64. The summed E-state index contributed by atoms with van der Waals surface area (Å²) in [5.41, 5.74) is -0.455. The number of hydrogen-bond acceptors (Lipinski definition) is 3. The van der Waals surface area contributed by atoms with E-state index in [1.165, 1.54) is 0 Å². The van der Waals surface area contributed by atoms with Gasteiger partial charge in [-0.3, -0.25) is 9.69 Å². The van der Waals surface area contributed by atoms with Gasteiger partial charge in [-0.05, 0) is 31.5 Å². The monoisotopic (exact) mass is 345 g/mol. The molecule has 0 aliphatic heterocycles. The van der Waals surface area contributed by atoms with Gasteiger partial charge in [0.1, 0.15) is 0 Å². The van der Waals surface area contributed by atoms with Crippen LogP contribution in [0.4, 0.5) is 23.7 Å². The van der Waals surface area contributed by atoms with Crippen molar-refractivity contribution < 1.29 is 27.9 Å². The Kier molecular flexibility index (Phi) is 5.66. The number of aliphatic carboxylic acids is 1. The van der Waals surface area contributed by atoms with Gasteiger partial charge in [-0.15, -0.1) is 0 Å². The van der Waals surface area contributed by atoms with Crippen LogP contribution >= 0.6 is 0 Å². The summed E-state index contributed by atoms with van der Waals surface area (Å²) in [6.45, 7) is 2.36. The molecule has 0 saturated heterocycles. The minimum Gasteiger partial charge on any atom is -0.480 e. The number of nitrogens with zero attached hydrogens (tertiary/aromatic N) is 1. The third-order valence-electron chi connectivity index (χ3n) is 3.99. The van der Waals surface area contributed by atoms with Crippen molar-refractivity contribution in [1.82, 2.24) is 10.2 Å². The van der Waals surface area contributed by atoms with Crippen LogP contribution in [0.15, 0.2) is 12.1 Å². The standard InChI is InChI=1S/C15H18F3N3O3/c1-2-21(7-12(22)23)9-5-8(6-9)19-15(24)20-11-4-3-10(16)13(17)14(11)18/h3-4,8-9H,2,5-7H2,1H3,(H,22,23)(H2,19,20,24). The summed E-state index contributed by atoms with van der Waals surface area (Å²) in [5, 5.41) is 13.5. The molecule has 0 aromatic heterocycles. The second kappa shape index (κ2) is 7.52. The lowest BCUT2D eigenvalue weighted by Crippen LogP contribution is -2.55. The van der Waals surface area contributed by atoms with Gasteiger partial charge in [0, 0.05) is 12.1 Å². The molecule has 24 heavy (non-hydrogen) atoms. The first-order valence-corrected chi connectivity index (χ1v) is 7.48. The maximum atomic E-state index is 13.5. The van der Waals surface area contributed by atoms with Crippen LogP contribution in [-0.2, 0) is 4.79 Å². The normalized spacial score (nSPS) is 19.7. The number of carboxylic acid groups (broad SMARTS) is 1. The summed E-state index contributed by atoms with van der Waals surface area (Å²) >= 11 is 0. The van der Waals surface area contributed by atoms with Crippen molar-refractivity contribution in [2.24, 2.45) is 0 Å². The number of hydrogen-bond donors (Lipinski definition) is 3. The van der Waals surface area contributed by atoms with Crippen molar-refractivity contribution in [3.05, 3.63) is 29.6 Å². The summed E-state index contributed by atoms with van der Waals surface area (Å²) in [6.07, 6.45) is 1.13. The number of nitrogens with one attached hydrogen (secondary N) is 2. The molecule has 0 radical (unpaired) electrons. The van der Waals surface area contributed by atoms with Gasteiger partial charge in [0.05, 0.1) is 12.2 Å². The fourth-order valence-electron chi connectivity index (χ4n) is 2.64. The van der Waals surface area contributed by atoms with E-state index in [9.17, 15) is 22.8 Å². The van der Waals surface area contributed by atoms with Crippen molar-refractivity contribution in [3.8, 4) is 0 Å². The summed E-state index contributed by atoms with van der Waals surface area (Å²) in [4.78, 5) is 24.3. The zero-order valence-corrected chi connectivity index (χ0v) is 13.0. The largest absolute Gasteiger partial charge is 0.480 e. The van der Waals surface area contributed by atoms with Crippen LogP contribution in [-0.4, -0.2) is 47.2 Å². The van der Waals surface area contributed by atoms with Crippen molar-refractivity contribution >= 4 is 17.7 Å². The quantitative estimate of drug-likeness (QED) is 0.690. The molecule has 1 saturated carbocycles. The van der Waals surface area contributed by atoms with Crippen LogP contribution in [0.5, 0.6) is 0 Å². The van der Waals surface area contributed by atoms with Crippen LogP contribution in [0.1, 0.15) is 19.8 Å². The molecule has 1 fully saturated rings. The average Bonchev–Trinajstić information content (AvgIpc) is 2.49. The second-order valence-corrected chi connectivity index (χ2v) is 5.60. The molecule has 1 aliphatic carbocycles. The highest BCUT2D eigenvalue weighted by Crippen LogP contribution is 2.26. The number of carboxylic acids is 1. The Labute approximate surface area is 136 Å². The van der Waals surface area contributed by atoms with E-state index in [0.29, 0.717) is 19.4 Å². The number of urea groups is 1. The van der Waals surface area contributed by atoms with E-state index in [0.717, 1.165) is 12.1 Å². The molecule has 1 aromatic carbocycles. The third-order valence-corrected chi connectivity index (χ3v) is 3.99. The van der Waals surface area contributed by atoms with Gasteiger partial charge in [-0.25, -0.2) is 18.0 Å². The Morgan fingerprint density at radius 2 is 1.92 bits per heavy atom. The Morgan fingerprint density at radius 3 is 2.50 bits per heavy atom. The first-order valence-electron chi connectivity index (χ1n) is 7.48. The number of amides is 2. The highest BCUT2D eigenvalue weighted by Gasteiger charge is 2.34. The predicted octanol–water partition coefficient (Wildman–Crippen LogP) is 2.16. The number of carbonyl (C=O) groups excluding carboxylic acids is 1. The van der Waals surface area contributed by atoms with Gasteiger partial charge in [-0.2, -0.15) is 0 Å². The molecule has 3 N–H and O–H groups in total. The smallest absolute Gasteiger partial charge is 0.319 e. The Hall–Kier alpha value is -2.29. The summed E-state index contributed by atoms with van der Waals surface area (Å²) in [6, 6.07) is 0.785. The predicted molar refractivity (Wildman–Crippen MR) is 80.2 cm³/mol. The van der Waals surface area contributed by atoms with E-state index in [-0.39, 0.29) is 18.6 Å². The molecule has 0 spiro atoms. The van der Waals surface area contributed by atoms with Gasteiger partial charge in [0.25, 0.3) is 0 Å². The molecular weight excluding hydrogens is 327 g/mol. The van der Waals surface area contributed by atoms with E-state index in [1.54, 1.807) is 4.90 Å². The van der Waals surface area contributed by atoms with Gasteiger partial charge in [-0.1, -0.05) is 6.92 Å². The third kappa shape index (κ3) is 4.16. The summed E-state index contributed by atoms with van der Waals surface area (Å²) in [7, 11) is 0. The van der Waals surface area contributed by atoms with E-state index in [1.807, 2.05) is 6.92 Å². The van der Waals surface area contributed by atoms with Gasteiger partial charge in [0.15, 0.2) is 17.5 Å². The van der Waals surface area contributed by atoms with Crippen LogP contribution < -0.4 is 10.6 Å². The number of carbonyl (C=O) groups is 2. The van der Waals surface area contributed by atoms with Crippen molar-refractivity contribution in [1.29, 1.82) is 0 Å². The van der Waals surface area contributed by atoms with Gasteiger partial charge < -0.3 is 15.7 Å². The summed E-state index contributed by atoms with van der Waals surface area (Å²) < 4.78 is 39.4. The molecule has 132 valence electrons. The van der Waals surface area contributed by atoms with Crippen LogP contribution in [0.2, 0.25) is 0 Å². The number of rotatable bonds is 6. The lowest BCUT2D eigenvalue weighted by molar-refractivity contribution is -0.139. The topological polar surface area (TPSA) is 81.7 Å². The molecule has 0 atom stereocenters. The van der Waals surface area contributed by atoms with E-state index in [2.05, 4.69) is 10.6 Å². The van der Waals surface area contributed by atoms with Crippen LogP contribution in [0.3, 0.4) is 0 Å². The first-order chi connectivity index (χ1) is 11.3. The lowest BCUT2D eigenvalue weighted by Gasteiger charge is -2.42. The molecule has 0 bridgehead atoms. The van der Waals surface area contributed by atoms with Crippen LogP contribution in [0, 0.1) is 17.5 Å². The highest BCUT2D eigenvalue weighted by molar-refractivity contribution is 5.89. The Balaban J connectivity index is 1.83. The highest BCUT2D eigenvalue weighted by atomic mass is 19.2. The minimum absolute atomic E-state index is 0.0522. The molecule has 2 amide bonds. The van der Waals surface area contributed by atoms with Gasteiger partial charge in [0.2, 0.25) is 0 Å². The lowest BCUT2D eigenvalue weighted by atomic mass is 9.85. The maximum absolute atomic E-state index is 13.5. The minimum atomic E-state index is -1.65. The van der Waals surface area contributed by atoms with Crippen molar-refractivity contribution in [2.45, 2.75) is 31.8 Å². The van der Waals surface area contributed by atoms with E-state index < -0.39 is 35.1 Å². The molecule has 6 nitrogen and oxygen atoms in total. The van der Waals surface area contributed by atoms with Crippen molar-refractivity contribution in [2.75, 3.05) is 18.4 Å². The number of anilines is 1. The molecule has 1 aromatic rings. The Bertz CT molecular complexity index is 636. The SMILES string of the molecule is CCN(CC(=O)O)C1CC(NC(=O)Nc2ccc(F)c(F)c2F)C1. The number of likely N-dealkylation sites (N-methyl/N-ethyl adjacent to an activating group) is 1. The first kappa shape index (κ1) is 18.1. The summed E-state index contributed by atoms with van der Waals surface area (Å²) in [5.74, 6) is -5.36. The number of halogens is 3. The number of benzene rings is 1. The van der Waals surface area contributed by atoms with Crippen molar-refractivity contribution in [3.63, 3.8) is 0 Å². The maximum Gasteiger partial charge on any atom is 0.319 e.